The van der Waals surface area contributed by atoms with Crippen LogP contribution in [0.1, 0.15) is 44.7 Å². The highest BCUT2D eigenvalue weighted by Crippen LogP contribution is 2.23. The fraction of sp³-hybridized carbons (Fsp3) is 0.375. The topological polar surface area (TPSA) is 96.0 Å². The van der Waals surface area contributed by atoms with E-state index in [-0.39, 0.29) is 44.2 Å². The first-order valence-corrected chi connectivity index (χ1v) is 15.6. The Hall–Kier alpha value is -3.92. The second-order valence-corrected chi connectivity index (χ2v) is 13.1. The van der Waals surface area contributed by atoms with Crippen molar-refractivity contribution in [2.75, 3.05) is 24.2 Å². The molecule has 8 nitrogen and oxygen atoms in total. The van der Waals surface area contributed by atoms with Crippen molar-refractivity contribution >= 4 is 27.5 Å². The fourth-order valence-electron chi connectivity index (χ4n) is 4.55. The zero-order valence-corrected chi connectivity index (χ0v) is 25.7. The number of sulfonamides is 1. The van der Waals surface area contributed by atoms with Crippen molar-refractivity contribution < 1.29 is 27.1 Å². The van der Waals surface area contributed by atoms with E-state index in [0.29, 0.717) is 17.0 Å². The number of methoxy groups -OCH3 is 1. The van der Waals surface area contributed by atoms with Crippen LogP contribution in [0.5, 0.6) is 5.75 Å². The second-order valence-electron chi connectivity index (χ2n) is 11.2. The van der Waals surface area contributed by atoms with Gasteiger partial charge in [0.25, 0.3) is 0 Å². The summed E-state index contributed by atoms with van der Waals surface area (Å²) in [7, 11) is -2.10. The molecular formula is C32H40FN3O5S. The molecule has 0 fully saturated rings. The van der Waals surface area contributed by atoms with Crippen LogP contribution in [0, 0.1) is 5.82 Å². The molecule has 10 heteroatoms. The van der Waals surface area contributed by atoms with E-state index in [1.807, 2.05) is 51.1 Å². The Morgan fingerprint density at radius 1 is 0.929 bits per heavy atom. The highest BCUT2D eigenvalue weighted by Gasteiger charge is 2.32. The Balaban J connectivity index is 1.88. The number of anilines is 1. The Bertz CT molecular complexity index is 1420. The van der Waals surface area contributed by atoms with E-state index < -0.39 is 27.4 Å². The molecule has 3 aromatic rings. The van der Waals surface area contributed by atoms with E-state index >= 15 is 0 Å². The maximum Gasteiger partial charge on any atom is 0.243 e. The summed E-state index contributed by atoms with van der Waals surface area (Å²) in [5.41, 5.74) is 1.47. The van der Waals surface area contributed by atoms with Gasteiger partial charge in [-0.2, -0.15) is 0 Å². The van der Waals surface area contributed by atoms with Gasteiger partial charge in [-0.05, 0) is 74.7 Å². The first-order chi connectivity index (χ1) is 19.8. The number of hydrogen-bond donors (Lipinski definition) is 1. The number of carbonyl (C=O) groups excluding carboxylic acids is 2. The molecular weight excluding hydrogens is 557 g/mol. The number of ether oxygens (including phenoxy) is 1. The number of nitrogens with one attached hydrogen (secondary N) is 1. The molecule has 0 aliphatic carbocycles. The molecule has 0 aromatic heterocycles. The van der Waals surface area contributed by atoms with Gasteiger partial charge in [0.2, 0.25) is 21.8 Å². The minimum absolute atomic E-state index is 0.00252. The Labute approximate surface area is 248 Å². The standard InChI is InChI=1S/C32H40FN3O5S/c1-32(2,3)34-31(38)29(22-24-10-7-6-8-11-24)35(23-25-13-15-26(33)16-14-25)30(37)12-9-21-36(42(5,39)40)27-17-19-28(41-4)20-18-27/h6-8,10-11,13-20,29H,9,12,21-23H2,1-5H3,(H,34,38)/t29-/m0/s1. The molecule has 0 unspecified atom stereocenters. The lowest BCUT2D eigenvalue weighted by Gasteiger charge is -2.34. The fourth-order valence-corrected chi connectivity index (χ4v) is 5.51. The summed E-state index contributed by atoms with van der Waals surface area (Å²) in [6.45, 7) is 5.77. The zero-order valence-electron chi connectivity index (χ0n) is 24.8. The molecule has 2 amide bonds. The number of amides is 2. The van der Waals surface area contributed by atoms with Crippen LogP contribution in [0.4, 0.5) is 10.1 Å². The lowest BCUT2D eigenvalue weighted by molar-refractivity contribution is -0.142. The maximum atomic E-state index is 13.9. The van der Waals surface area contributed by atoms with Crippen LogP contribution in [0.25, 0.3) is 0 Å². The quantitative estimate of drug-likeness (QED) is 0.301. The SMILES string of the molecule is COc1ccc(N(CCCC(=O)N(Cc2ccc(F)cc2)[C@@H](Cc2ccccc2)C(=O)NC(C)(C)C)S(C)(=O)=O)cc1. The summed E-state index contributed by atoms with van der Waals surface area (Å²) in [5.74, 6) is -0.426. The van der Waals surface area contributed by atoms with Gasteiger partial charge in [-0.1, -0.05) is 42.5 Å². The van der Waals surface area contributed by atoms with E-state index in [1.165, 1.54) is 28.4 Å². The first-order valence-electron chi connectivity index (χ1n) is 13.8. The van der Waals surface area contributed by atoms with E-state index in [1.54, 1.807) is 36.4 Å². The second kappa shape index (κ2) is 14.3. The molecule has 0 spiro atoms. The van der Waals surface area contributed by atoms with Gasteiger partial charge in [0.1, 0.15) is 17.6 Å². The van der Waals surface area contributed by atoms with Gasteiger partial charge in [-0.25, -0.2) is 12.8 Å². The van der Waals surface area contributed by atoms with Gasteiger partial charge >= 0.3 is 0 Å². The van der Waals surface area contributed by atoms with Gasteiger partial charge in [0.15, 0.2) is 0 Å². The molecule has 0 heterocycles. The number of rotatable bonds is 13. The molecule has 226 valence electrons. The smallest absolute Gasteiger partial charge is 0.243 e. The minimum Gasteiger partial charge on any atom is -0.497 e. The zero-order chi connectivity index (χ0) is 30.9. The number of hydrogen-bond acceptors (Lipinski definition) is 5. The third-order valence-corrected chi connectivity index (χ3v) is 7.74. The number of carbonyl (C=O) groups is 2. The normalized spacial score (nSPS) is 12.3. The maximum absolute atomic E-state index is 13.9. The van der Waals surface area contributed by atoms with Crippen molar-refractivity contribution in [3.63, 3.8) is 0 Å². The Morgan fingerprint density at radius 2 is 1.55 bits per heavy atom. The molecule has 42 heavy (non-hydrogen) atoms. The third-order valence-electron chi connectivity index (χ3n) is 6.55. The number of halogens is 1. The molecule has 0 aliphatic heterocycles. The van der Waals surface area contributed by atoms with Crippen LogP contribution in [0.2, 0.25) is 0 Å². The summed E-state index contributed by atoms with van der Waals surface area (Å²) in [6.07, 6.45) is 1.61. The first kappa shape index (κ1) is 32.6. The molecule has 3 aromatic carbocycles. The van der Waals surface area contributed by atoms with E-state index in [0.717, 1.165) is 11.8 Å². The summed E-state index contributed by atoms with van der Waals surface area (Å²) in [6, 6.07) is 21.0. The van der Waals surface area contributed by atoms with Gasteiger partial charge in [-0.3, -0.25) is 13.9 Å². The predicted molar refractivity (Wildman–Crippen MR) is 163 cm³/mol. The van der Waals surface area contributed by atoms with Gasteiger partial charge < -0.3 is 15.0 Å². The van der Waals surface area contributed by atoms with Crippen LogP contribution in [0.3, 0.4) is 0 Å². The Morgan fingerprint density at radius 3 is 2.10 bits per heavy atom. The average molecular weight is 598 g/mol. The Kier molecular flexibility index (Phi) is 11.1. The van der Waals surface area contributed by atoms with E-state index in [2.05, 4.69) is 5.32 Å². The summed E-state index contributed by atoms with van der Waals surface area (Å²) in [4.78, 5) is 29.0. The van der Waals surface area contributed by atoms with Crippen molar-refractivity contribution in [2.24, 2.45) is 0 Å². The van der Waals surface area contributed by atoms with Gasteiger partial charge in [0.05, 0.1) is 19.1 Å². The summed E-state index contributed by atoms with van der Waals surface area (Å²) < 4.78 is 45.3. The van der Waals surface area contributed by atoms with Crippen LogP contribution in [0.15, 0.2) is 78.9 Å². The molecule has 1 N–H and O–H groups in total. The molecule has 0 aliphatic rings. The number of nitrogens with zero attached hydrogens (tertiary/aromatic N) is 2. The molecule has 0 bridgehead atoms. The van der Waals surface area contributed by atoms with E-state index in [9.17, 15) is 22.4 Å². The minimum atomic E-state index is -3.63. The third kappa shape index (κ3) is 9.87. The van der Waals surface area contributed by atoms with Crippen LogP contribution in [-0.2, 0) is 32.6 Å². The lowest BCUT2D eigenvalue weighted by atomic mass is 10.00. The molecule has 3 rings (SSSR count). The van der Waals surface area contributed by atoms with Crippen molar-refractivity contribution in [3.8, 4) is 5.75 Å². The summed E-state index contributed by atoms with van der Waals surface area (Å²) in [5, 5.41) is 3.00. The van der Waals surface area contributed by atoms with Crippen LogP contribution < -0.4 is 14.4 Å². The average Bonchev–Trinajstić information content (AvgIpc) is 2.93. The lowest BCUT2D eigenvalue weighted by Crippen LogP contribution is -2.54. The highest BCUT2D eigenvalue weighted by molar-refractivity contribution is 7.92. The predicted octanol–water partition coefficient (Wildman–Crippen LogP) is 4.94. The van der Waals surface area contributed by atoms with Crippen molar-refractivity contribution in [2.45, 2.75) is 58.2 Å². The van der Waals surface area contributed by atoms with Crippen molar-refractivity contribution in [1.82, 2.24) is 10.2 Å². The number of benzene rings is 3. The van der Waals surface area contributed by atoms with Crippen molar-refractivity contribution in [1.29, 1.82) is 0 Å². The van der Waals surface area contributed by atoms with Crippen LogP contribution in [-0.4, -0.2) is 56.6 Å². The summed E-state index contributed by atoms with van der Waals surface area (Å²) >= 11 is 0. The van der Waals surface area contributed by atoms with Gasteiger partial charge in [-0.15, -0.1) is 0 Å². The van der Waals surface area contributed by atoms with Gasteiger partial charge in [0, 0.05) is 31.5 Å². The monoisotopic (exact) mass is 597 g/mol. The highest BCUT2D eigenvalue weighted by atomic mass is 32.2. The molecule has 0 saturated carbocycles. The molecule has 1 atom stereocenters. The molecule has 0 saturated heterocycles. The molecule has 0 radical (unpaired) electrons. The van der Waals surface area contributed by atoms with Crippen LogP contribution >= 0.6 is 0 Å². The largest absolute Gasteiger partial charge is 0.497 e. The van der Waals surface area contributed by atoms with Crippen molar-refractivity contribution in [3.05, 3.63) is 95.8 Å². The van der Waals surface area contributed by atoms with E-state index in [4.69, 9.17) is 4.74 Å².